The van der Waals surface area contributed by atoms with Crippen molar-refractivity contribution in [1.82, 2.24) is 10.0 Å². The van der Waals surface area contributed by atoms with Crippen molar-refractivity contribution in [3.8, 4) is 0 Å². The number of amides is 3. The van der Waals surface area contributed by atoms with Gasteiger partial charge in [-0.1, -0.05) is 18.2 Å². The molecule has 2 aromatic rings. The van der Waals surface area contributed by atoms with Gasteiger partial charge in [0.1, 0.15) is 5.00 Å². The zero-order valence-electron chi connectivity index (χ0n) is 14.8. The van der Waals surface area contributed by atoms with Gasteiger partial charge in [0.25, 0.3) is 10.0 Å². The number of hydrogen-bond donors (Lipinski definition) is 5. The number of carboxylic acid groups (broad SMARTS) is 2. The van der Waals surface area contributed by atoms with E-state index in [4.69, 9.17) is 10.2 Å². The van der Waals surface area contributed by atoms with E-state index in [0.29, 0.717) is 5.56 Å². The molecular formula is C16H15N3O8S2. The number of thiophene rings is 1. The highest BCUT2D eigenvalue weighted by atomic mass is 32.2. The molecule has 1 heterocycles. The molecule has 11 nitrogen and oxygen atoms in total. The number of urea groups is 1. The molecule has 0 unspecified atom stereocenters. The van der Waals surface area contributed by atoms with E-state index in [0.717, 1.165) is 17.4 Å². The van der Waals surface area contributed by atoms with Gasteiger partial charge in [-0.3, -0.25) is 4.79 Å². The number of sulfonamides is 1. The van der Waals surface area contributed by atoms with Crippen molar-refractivity contribution >= 4 is 50.2 Å². The maximum Gasteiger partial charge on any atom is 0.394 e. The zero-order chi connectivity index (χ0) is 21.8. The lowest BCUT2D eigenvalue weighted by molar-refractivity contribution is -0.147. The van der Waals surface area contributed by atoms with Crippen molar-refractivity contribution in [2.75, 3.05) is 5.32 Å². The molecule has 5 N–H and O–H groups in total. The Morgan fingerprint density at radius 2 is 1.76 bits per heavy atom. The fourth-order valence-electron chi connectivity index (χ4n) is 2.18. The summed E-state index contributed by atoms with van der Waals surface area (Å²) in [6.07, 6.45) is 0. The summed E-state index contributed by atoms with van der Waals surface area (Å²) in [4.78, 5) is 45.2. The van der Waals surface area contributed by atoms with Crippen LogP contribution in [0.5, 0.6) is 0 Å². The number of rotatable bonds is 6. The predicted molar refractivity (Wildman–Crippen MR) is 101 cm³/mol. The average Bonchev–Trinajstić information content (AvgIpc) is 3.02. The van der Waals surface area contributed by atoms with Crippen molar-refractivity contribution in [1.29, 1.82) is 0 Å². The summed E-state index contributed by atoms with van der Waals surface area (Å²) in [5.74, 6) is -4.63. The third kappa shape index (κ3) is 5.52. The number of carbonyl (C=O) groups is 4. The van der Waals surface area contributed by atoms with Crippen molar-refractivity contribution in [2.45, 2.75) is 18.4 Å². The summed E-state index contributed by atoms with van der Waals surface area (Å²) in [6, 6.07) is 6.13. The number of aliphatic carboxylic acids is 1. The lowest BCUT2D eigenvalue weighted by Crippen LogP contribution is -2.39. The molecule has 154 valence electrons. The molecule has 0 aliphatic rings. The SMILES string of the molecule is Cc1ccccc1S(=O)(=O)NC(=O)NCc1cc(C(=O)O)c(NC(=O)C(=O)O)s1. The molecule has 13 heteroatoms. The van der Waals surface area contributed by atoms with Gasteiger partial charge in [0.15, 0.2) is 0 Å². The largest absolute Gasteiger partial charge is 0.478 e. The molecule has 2 rings (SSSR count). The molecule has 0 atom stereocenters. The fourth-order valence-corrected chi connectivity index (χ4v) is 4.33. The van der Waals surface area contributed by atoms with Gasteiger partial charge in [-0.05, 0) is 24.6 Å². The molecule has 1 aromatic carbocycles. The number of aryl methyl sites for hydroxylation is 1. The summed E-state index contributed by atoms with van der Waals surface area (Å²) in [7, 11) is -4.11. The van der Waals surface area contributed by atoms with E-state index in [2.05, 4.69) is 5.32 Å². The third-order valence-corrected chi connectivity index (χ3v) is 6.01. The molecule has 0 saturated carbocycles. The number of aromatic carboxylic acids is 1. The van der Waals surface area contributed by atoms with Gasteiger partial charge >= 0.3 is 23.9 Å². The van der Waals surface area contributed by atoms with Crippen molar-refractivity contribution in [3.05, 3.63) is 46.3 Å². The minimum atomic E-state index is -4.11. The lowest BCUT2D eigenvalue weighted by Gasteiger charge is -2.09. The first-order chi connectivity index (χ1) is 13.5. The maximum absolute atomic E-state index is 12.3. The first-order valence-corrected chi connectivity index (χ1v) is 10.1. The Morgan fingerprint density at radius 1 is 1.10 bits per heavy atom. The van der Waals surface area contributed by atoms with Crippen LogP contribution in [0.2, 0.25) is 0 Å². The Bertz CT molecular complexity index is 1090. The van der Waals surface area contributed by atoms with Gasteiger partial charge in [0.05, 0.1) is 17.0 Å². The highest BCUT2D eigenvalue weighted by Gasteiger charge is 2.22. The number of benzene rings is 1. The molecule has 1 aromatic heterocycles. The fraction of sp³-hybridized carbons (Fsp3) is 0.125. The topological polar surface area (TPSA) is 179 Å². The molecule has 0 saturated heterocycles. The number of anilines is 1. The van der Waals surface area contributed by atoms with Crippen LogP contribution in [0.3, 0.4) is 0 Å². The standard InChI is InChI=1S/C16H15N3O8S2/c1-8-4-2-3-5-11(8)29(26,27)19-16(25)17-7-9-6-10(14(21)22)13(28-9)18-12(20)15(23)24/h2-6H,7H2,1H3,(H,18,20)(H,21,22)(H,23,24)(H2,17,19,25). The van der Waals surface area contributed by atoms with Crippen LogP contribution in [-0.4, -0.2) is 42.5 Å². The van der Waals surface area contributed by atoms with E-state index < -0.39 is 33.9 Å². The van der Waals surface area contributed by atoms with Gasteiger partial charge in [-0.2, -0.15) is 0 Å². The van der Waals surface area contributed by atoms with E-state index in [-0.39, 0.29) is 26.9 Å². The van der Waals surface area contributed by atoms with Crippen LogP contribution in [0.25, 0.3) is 0 Å². The summed E-state index contributed by atoms with van der Waals surface area (Å²) >= 11 is 0.724. The van der Waals surface area contributed by atoms with Gasteiger partial charge in [-0.25, -0.2) is 27.5 Å². The van der Waals surface area contributed by atoms with Crippen molar-refractivity contribution < 1.29 is 37.8 Å². The number of nitrogens with one attached hydrogen (secondary N) is 3. The number of carboxylic acids is 2. The van der Waals surface area contributed by atoms with Crippen LogP contribution in [0.1, 0.15) is 20.8 Å². The quantitative estimate of drug-likeness (QED) is 0.411. The van der Waals surface area contributed by atoms with Crippen molar-refractivity contribution in [3.63, 3.8) is 0 Å². The first-order valence-electron chi connectivity index (χ1n) is 7.78. The number of hydrogen-bond acceptors (Lipinski definition) is 7. The summed E-state index contributed by atoms with van der Waals surface area (Å²) in [5, 5.41) is 21.7. The maximum atomic E-state index is 12.3. The summed E-state index contributed by atoms with van der Waals surface area (Å²) in [6.45, 7) is 1.31. The van der Waals surface area contributed by atoms with Crippen LogP contribution in [0.15, 0.2) is 35.2 Å². The van der Waals surface area contributed by atoms with Crippen LogP contribution < -0.4 is 15.4 Å². The lowest BCUT2D eigenvalue weighted by atomic mass is 10.2. The highest BCUT2D eigenvalue weighted by molar-refractivity contribution is 7.90. The van der Waals surface area contributed by atoms with Gasteiger partial charge in [-0.15, -0.1) is 11.3 Å². The second-order valence-electron chi connectivity index (χ2n) is 5.57. The molecule has 0 aliphatic carbocycles. The first kappa shape index (κ1) is 21.8. The Balaban J connectivity index is 2.08. The Labute approximate surface area is 168 Å². The van der Waals surface area contributed by atoms with Gasteiger partial charge in [0.2, 0.25) is 0 Å². The molecule has 0 radical (unpaired) electrons. The molecule has 0 bridgehead atoms. The minimum absolute atomic E-state index is 0.0712. The summed E-state index contributed by atoms with van der Waals surface area (Å²) < 4.78 is 26.4. The molecule has 3 amide bonds. The van der Waals surface area contributed by atoms with Crippen LogP contribution in [0, 0.1) is 6.92 Å². The van der Waals surface area contributed by atoms with E-state index in [1.54, 1.807) is 19.1 Å². The average molecular weight is 441 g/mol. The van der Waals surface area contributed by atoms with E-state index >= 15 is 0 Å². The molecule has 29 heavy (non-hydrogen) atoms. The third-order valence-electron chi connectivity index (χ3n) is 3.47. The van der Waals surface area contributed by atoms with E-state index in [1.807, 2.05) is 10.0 Å². The molecule has 0 spiro atoms. The monoisotopic (exact) mass is 441 g/mol. The zero-order valence-corrected chi connectivity index (χ0v) is 16.4. The second-order valence-corrected chi connectivity index (χ2v) is 8.36. The molecule has 0 aliphatic heterocycles. The second kappa shape index (κ2) is 8.70. The van der Waals surface area contributed by atoms with Crippen LogP contribution >= 0.6 is 11.3 Å². The smallest absolute Gasteiger partial charge is 0.394 e. The molecular weight excluding hydrogens is 426 g/mol. The normalized spacial score (nSPS) is 10.8. The Kier molecular flexibility index (Phi) is 6.56. The van der Waals surface area contributed by atoms with E-state index in [9.17, 15) is 27.6 Å². The van der Waals surface area contributed by atoms with E-state index in [1.165, 1.54) is 12.1 Å². The minimum Gasteiger partial charge on any atom is -0.478 e. The Morgan fingerprint density at radius 3 is 2.34 bits per heavy atom. The van der Waals surface area contributed by atoms with Crippen LogP contribution in [-0.2, 0) is 26.2 Å². The number of carbonyl (C=O) groups excluding carboxylic acids is 2. The Hall–Kier alpha value is -3.45. The predicted octanol–water partition coefficient (Wildman–Crippen LogP) is 0.966. The highest BCUT2D eigenvalue weighted by Crippen LogP contribution is 2.28. The summed E-state index contributed by atoms with van der Waals surface area (Å²) in [5.41, 5.74) is 0.0744. The van der Waals surface area contributed by atoms with Gasteiger partial charge in [0, 0.05) is 4.88 Å². The van der Waals surface area contributed by atoms with Crippen molar-refractivity contribution in [2.24, 2.45) is 0 Å². The molecule has 0 fully saturated rings. The van der Waals surface area contributed by atoms with Gasteiger partial charge < -0.3 is 20.8 Å². The van der Waals surface area contributed by atoms with Crippen LogP contribution in [0.4, 0.5) is 9.80 Å².